The van der Waals surface area contributed by atoms with Gasteiger partial charge in [-0.2, -0.15) is 13.2 Å². The molecular formula is C16H14ClF3N2O3S. The Bertz CT molecular complexity index is 980. The number of rotatable bonds is 3. The lowest BCUT2D eigenvalue weighted by atomic mass is 10.2. The molecule has 0 saturated carbocycles. The molecule has 26 heavy (non-hydrogen) atoms. The van der Waals surface area contributed by atoms with Crippen molar-refractivity contribution in [3.8, 4) is 5.69 Å². The van der Waals surface area contributed by atoms with Crippen LogP contribution in [0.25, 0.3) is 5.69 Å². The largest absolute Gasteiger partial charge is 0.480 e. The van der Waals surface area contributed by atoms with Crippen molar-refractivity contribution >= 4 is 28.9 Å². The highest BCUT2D eigenvalue weighted by Crippen LogP contribution is 2.27. The first-order valence-electron chi connectivity index (χ1n) is 7.34. The Morgan fingerprint density at radius 3 is 2.38 bits per heavy atom. The summed E-state index contributed by atoms with van der Waals surface area (Å²) in [6.45, 7) is 3.50. The Morgan fingerprint density at radius 1 is 1.23 bits per heavy atom. The van der Waals surface area contributed by atoms with Crippen molar-refractivity contribution in [1.82, 2.24) is 9.13 Å². The normalized spacial score (nSPS) is 11.7. The van der Waals surface area contributed by atoms with Crippen molar-refractivity contribution in [2.24, 2.45) is 7.05 Å². The average molecular weight is 407 g/mol. The second-order valence-electron chi connectivity index (χ2n) is 5.66. The van der Waals surface area contributed by atoms with Gasteiger partial charge in [0.25, 0.3) is 5.56 Å². The second-order valence-corrected chi connectivity index (χ2v) is 6.44. The third-order valence-corrected chi connectivity index (χ3v) is 4.03. The molecule has 0 fully saturated rings. The molecule has 0 aliphatic rings. The maximum absolute atomic E-state index is 12.9. The van der Waals surface area contributed by atoms with E-state index in [2.05, 4.69) is 0 Å². The molecule has 0 aliphatic heterocycles. The minimum Gasteiger partial charge on any atom is -0.480 e. The van der Waals surface area contributed by atoms with Crippen molar-refractivity contribution in [2.45, 2.75) is 26.1 Å². The Labute approximate surface area is 156 Å². The molecule has 0 N–H and O–H groups in total. The van der Waals surface area contributed by atoms with Gasteiger partial charge in [0, 0.05) is 18.7 Å². The number of hydrogen-bond acceptors (Lipinski definition) is 4. The number of benzene rings is 1. The van der Waals surface area contributed by atoms with Crippen molar-refractivity contribution in [3.05, 3.63) is 61.4 Å². The molecule has 0 spiro atoms. The van der Waals surface area contributed by atoms with E-state index in [0.29, 0.717) is 15.2 Å². The van der Waals surface area contributed by atoms with E-state index in [1.807, 2.05) is 0 Å². The van der Waals surface area contributed by atoms with Crippen molar-refractivity contribution in [3.63, 3.8) is 0 Å². The summed E-state index contributed by atoms with van der Waals surface area (Å²) in [7, 11) is 0.935. The standard InChI is InChI=1S/C16H14ClF3N2O3S/c1-8(2)25-14(26)10-6-9(4-5-11(10)17)22-13(23)7-12(16(18,19)20)21(3)15(22)24/h4-8H,1-3H3. The summed E-state index contributed by atoms with van der Waals surface area (Å²) < 4.78 is 45.1. The zero-order chi connectivity index (χ0) is 19.8. The van der Waals surface area contributed by atoms with Crippen molar-refractivity contribution in [2.75, 3.05) is 0 Å². The highest BCUT2D eigenvalue weighted by molar-refractivity contribution is 7.80. The zero-order valence-corrected chi connectivity index (χ0v) is 15.5. The van der Waals surface area contributed by atoms with Crippen LogP contribution >= 0.6 is 23.8 Å². The Morgan fingerprint density at radius 2 is 1.85 bits per heavy atom. The van der Waals surface area contributed by atoms with Crippen LogP contribution in [0.3, 0.4) is 0 Å². The molecule has 10 heteroatoms. The minimum atomic E-state index is -4.83. The fraction of sp³-hybridized carbons (Fsp3) is 0.312. The van der Waals surface area contributed by atoms with Gasteiger partial charge in [-0.25, -0.2) is 9.36 Å². The van der Waals surface area contributed by atoms with E-state index in [-0.39, 0.29) is 27.4 Å². The monoisotopic (exact) mass is 406 g/mol. The topological polar surface area (TPSA) is 53.2 Å². The summed E-state index contributed by atoms with van der Waals surface area (Å²) >= 11 is 11.2. The number of aromatic nitrogens is 2. The number of halogens is 4. The third kappa shape index (κ3) is 3.99. The first kappa shape index (κ1) is 20.2. The second kappa shape index (κ2) is 7.24. The maximum Gasteiger partial charge on any atom is 0.431 e. The molecule has 2 rings (SSSR count). The fourth-order valence-corrected chi connectivity index (χ4v) is 2.84. The summed E-state index contributed by atoms with van der Waals surface area (Å²) in [5.41, 5.74) is -3.32. The number of hydrogen-bond donors (Lipinski definition) is 0. The maximum atomic E-state index is 12.9. The van der Waals surface area contributed by atoms with Crippen LogP contribution in [0.5, 0.6) is 0 Å². The molecular weight excluding hydrogens is 393 g/mol. The minimum absolute atomic E-state index is 0.0263. The smallest absolute Gasteiger partial charge is 0.431 e. The van der Waals surface area contributed by atoms with Gasteiger partial charge in [0.1, 0.15) is 5.69 Å². The number of ether oxygens (including phenoxy) is 1. The SMILES string of the molecule is CC(C)OC(=S)c1cc(-n2c(=O)cc(C(F)(F)F)n(C)c2=O)ccc1Cl. The first-order chi connectivity index (χ1) is 11.9. The summed E-state index contributed by atoms with van der Waals surface area (Å²) in [4.78, 5) is 24.5. The van der Waals surface area contributed by atoms with Gasteiger partial charge in [-0.1, -0.05) is 11.6 Å². The van der Waals surface area contributed by atoms with E-state index in [4.69, 9.17) is 28.6 Å². The molecule has 0 bridgehead atoms. The van der Waals surface area contributed by atoms with E-state index >= 15 is 0 Å². The summed E-state index contributed by atoms with van der Waals surface area (Å²) in [6, 6.07) is 4.40. The Kier molecular flexibility index (Phi) is 5.62. The van der Waals surface area contributed by atoms with E-state index in [1.54, 1.807) is 13.8 Å². The number of thiocarbonyl (C=S) groups is 1. The van der Waals surface area contributed by atoms with Gasteiger partial charge in [-0.05, 0) is 44.3 Å². The Hall–Kier alpha value is -2.13. The predicted molar refractivity (Wildman–Crippen MR) is 95.2 cm³/mol. The highest BCUT2D eigenvalue weighted by atomic mass is 35.5. The molecule has 0 unspecified atom stereocenters. The Balaban J connectivity index is 2.67. The molecule has 1 aromatic heterocycles. The molecule has 1 heterocycles. The van der Waals surface area contributed by atoms with Crippen LogP contribution in [-0.2, 0) is 18.0 Å². The fourth-order valence-electron chi connectivity index (χ4n) is 2.22. The van der Waals surface area contributed by atoms with E-state index < -0.39 is 23.1 Å². The quantitative estimate of drug-likeness (QED) is 0.734. The van der Waals surface area contributed by atoms with Gasteiger partial charge in [0.05, 0.1) is 16.8 Å². The first-order valence-corrected chi connectivity index (χ1v) is 8.13. The lowest BCUT2D eigenvalue weighted by molar-refractivity contribution is -0.144. The molecule has 0 saturated heterocycles. The van der Waals surface area contributed by atoms with Crippen LogP contribution in [0, 0.1) is 0 Å². The van der Waals surface area contributed by atoms with Crippen LogP contribution in [0.4, 0.5) is 13.2 Å². The van der Waals surface area contributed by atoms with Gasteiger partial charge in [0.15, 0.2) is 5.05 Å². The predicted octanol–water partition coefficient (Wildman–Crippen LogP) is 3.31. The van der Waals surface area contributed by atoms with Gasteiger partial charge in [0.2, 0.25) is 0 Å². The van der Waals surface area contributed by atoms with Crippen LogP contribution in [0.1, 0.15) is 25.1 Å². The zero-order valence-electron chi connectivity index (χ0n) is 13.9. The number of alkyl halides is 3. The van der Waals surface area contributed by atoms with E-state index in [9.17, 15) is 22.8 Å². The molecule has 140 valence electrons. The lowest BCUT2D eigenvalue weighted by Gasteiger charge is -2.16. The molecule has 0 amide bonds. The van der Waals surface area contributed by atoms with Gasteiger partial charge in [-0.3, -0.25) is 9.36 Å². The molecule has 0 aliphatic carbocycles. The molecule has 0 radical (unpaired) electrons. The van der Waals surface area contributed by atoms with Gasteiger partial charge in [-0.15, -0.1) is 0 Å². The molecule has 1 aromatic carbocycles. The number of nitrogens with zero attached hydrogens (tertiary/aromatic N) is 2. The van der Waals surface area contributed by atoms with Crippen LogP contribution in [0.2, 0.25) is 5.02 Å². The van der Waals surface area contributed by atoms with Crippen molar-refractivity contribution in [1.29, 1.82) is 0 Å². The van der Waals surface area contributed by atoms with E-state index in [0.717, 1.165) is 7.05 Å². The van der Waals surface area contributed by atoms with Gasteiger partial charge < -0.3 is 4.74 Å². The average Bonchev–Trinajstić information content (AvgIpc) is 2.50. The van der Waals surface area contributed by atoms with Crippen LogP contribution < -0.4 is 11.2 Å². The molecule has 2 aromatic rings. The summed E-state index contributed by atoms with van der Waals surface area (Å²) in [5.74, 6) is 0. The summed E-state index contributed by atoms with van der Waals surface area (Å²) in [5, 5.41) is 0.264. The molecule has 5 nitrogen and oxygen atoms in total. The lowest BCUT2D eigenvalue weighted by Crippen LogP contribution is -2.40. The summed E-state index contributed by atoms with van der Waals surface area (Å²) in [6.07, 6.45) is -5.06. The van der Waals surface area contributed by atoms with Crippen LogP contribution in [-0.4, -0.2) is 20.3 Å². The van der Waals surface area contributed by atoms with E-state index in [1.165, 1.54) is 18.2 Å². The van der Waals surface area contributed by atoms with Crippen LogP contribution in [0.15, 0.2) is 33.9 Å². The third-order valence-electron chi connectivity index (χ3n) is 3.38. The van der Waals surface area contributed by atoms with Gasteiger partial charge >= 0.3 is 11.9 Å². The molecule has 0 atom stereocenters. The van der Waals surface area contributed by atoms with Crippen molar-refractivity contribution < 1.29 is 17.9 Å². The highest BCUT2D eigenvalue weighted by Gasteiger charge is 2.35.